The summed E-state index contributed by atoms with van der Waals surface area (Å²) in [5.41, 5.74) is 0. The molecule has 0 saturated heterocycles. The van der Waals surface area contributed by atoms with Gasteiger partial charge in [0.05, 0.1) is 25.6 Å². The summed E-state index contributed by atoms with van der Waals surface area (Å²) in [4.78, 5) is 44.1. The van der Waals surface area contributed by atoms with Crippen LogP contribution in [0.25, 0.3) is 0 Å². The van der Waals surface area contributed by atoms with Crippen LogP contribution in [0.1, 0.15) is 0 Å². The summed E-state index contributed by atoms with van der Waals surface area (Å²) in [6.07, 6.45) is 0. The predicted octanol–water partition coefficient (Wildman–Crippen LogP) is -6.90. The zero-order valence-electron chi connectivity index (χ0n) is 12.6. The van der Waals surface area contributed by atoms with Crippen LogP contribution in [0, 0.1) is 0 Å². The number of carboxylic acids is 4. The first-order valence-electron chi connectivity index (χ1n) is 5.79. The Morgan fingerprint density at radius 1 is 0.739 bits per heavy atom. The van der Waals surface area contributed by atoms with Crippen LogP contribution in [0.3, 0.4) is 0 Å². The van der Waals surface area contributed by atoms with Crippen molar-refractivity contribution in [2.24, 2.45) is 0 Å². The molecular formula is C10H15MgN2NaO9. The van der Waals surface area contributed by atoms with E-state index >= 15 is 0 Å². The number of rotatable bonds is 11. The van der Waals surface area contributed by atoms with Crippen molar-refractivity contribution in [1.82, 2.24) is 9.80 Å². The number of nitrogens with zero attached hydrogens (tertiary/aromatic N) is 2. The van der Waals surface area contributed by atoms with Gasteiger partial charge in [-0.2, -0.15) is 0 Å². The van der Waals surface area contributed by atoms with E-state index in [2.05, 4.69) is 0 Å². The van der Waals surface area contributed by atoms with Gasteiger partial charge in [0.2, 0.25) is 0 Å². The number of carbonyl (C=O) groups excluding carboxylic acids is 1. The van der Waals surface area contributed by atoms with Gasteiger partial charge in [-0.3, -0.25) is 24.2 Å². The van der Waals surface area contributed by atoms with Gasteiger partial charge in [0.25, 0.3) is 0 Å². The van der Waals surface area contributed by atoms with Crippen LogP contribution in [0.4, 0.5) is 0 Å². The number of carbonyl (C=O) groups is 4. The van der Waals surface area contributed by atoms with E-state index < -0.39 is 50.1 Å². The fraction of sp³-hybridized carbons (Fsp3) is 0.600. The van der Waals surface area contributed by atoms with Crippen LogP contribution in [0.5, 0.6) is 0 Å². The molecule has 0 bridgehead atoms. The number of aliphatic carboxylic acids is 4. The van der Waals surface area contributed by atoms with E-state index in [0.29, 0.717) is 21.7 Å². The van der Waals surface area contributed by atoms with Crippen molar-refractivity contribution in [2.45, 2.75) is 0 Å². The van der Waals surface area contributed by atoms with Crippen molar-refractivity contribution in [3.05, 3.63) is 0 Å². The second-order valence-electron chi connectivity index (χ2n) is 3.97. The Labute approximate surface area is 166 Å². The third-order valence-corrected chi connectivity index (χ3v) is 2.16. The molecule has 0 rings (SSSR count). The standard InChI is InChI=1S/C10H16N2O8.Mg.Na.O/c13-7(14)3-11(4-8(15)16)1-2-12(5-9(17)18)6-10(19)20;;;/h1-6H2,(H,13,14)(H,15,16)(H,17,18)(H,19,20);;;/q;;+1;/p-1. The minimum atomic E-state index is -1.48. The van der Waals surface area contributed by atoms with Crippen molar-refractivity contribution in [3.8, 4) is 0 Å². The molecule has 0 saturated carbocycles. The predicted molar refractivity (Wildman–Crippen MR) is 67.2 cm³/mol. The van der Waals surface area contributed by atoms with E-state index in [1.54, 1.807) is 0 Å². The van der Waals surface area contributed by atoms with Crippen LogP contribution in [0.2, 0.25) is 0 Å². The summed E-state index contributed by atoms with van der Waals surface area (Å²) in [6, 6.07) is 0. The summed E-state index contributed by atoms with van der Waals surface area (Å²) in [7, 11) is 0. The molecule has 0 aliphatic rings. The van der Waals surface area contributed by atoms with Crippen molar-refractivity contribution in [2.75, 3.05) is 39.3 Å². The van der Waals surface area contributed by atoms with Gasteiger partial charge < -0.3 is 25.2 Å². The molecule has 0 heterocycles. The van der Waals surface area contributed by atoms with Crippen LogP contribution >= 0.6 is 0 Å². The summed E-state index contributed by atoms with van der Waals surface area (Å²) in [5.74, 6) is -5.21. The molecule has 3 N–H and O–H groups in total. The van der Waals surface area contributed by atoms with Crippen molar-refractivity contribution >= 4 is 45.6 Å². The normalized spacial score (nSPS) is 9.57. The van der Waals surface area contributed by atoms with Gasteiger partial charge in [-0.05, 0) is 0 Å². The summed E-state index contributed by atoms with van der Waals surface area (Å²) in [5, 5.41) is 36.3. The van der Waals surface area contributed by atoms with E-state index in [9.17, 15) is 24.3 Å². The molecule has 0 aliphatic heterocycles. The Bertz CT molecular complexity index is 342. The molecule has 0 aromatic heterocycles. The van der Waals surface area contributed by atoms with Crippen LogP contribution in [-0.4, -0.2) is 110 Å². The van der Waals surface area contributed by atoms with Crippen LogP contribution < -0.4 is 34.7 Å². The molecule has 0 aliphatic carbocycles. The average Bonchev–Trinajstić information content (AvgIpc) is 2.35. The van der Waals surface area contributed by atoms with E-state index in [0.717, 1.165) is 9.80 Å². The van der Waals surface area contributed by atoms with Crippen molar-refractivity contribution in [3.63, 3.8) is 0 Å². The van der Waals surface area contributed by atoms with Gasteiger partial charge >= 0.3 is 72.3 Å². The van der Waals surface area contributed by atoms with Crippen molar-refractivity contribution in [1.29, 1.82) is 0 Å². The topological polar surface area (TPSA) is 176 Å². The molecule has 13 heteroatoms. The molecule has 0 amide bonds. The monoisotopic (exact) mass is 354 g/mol. The fourth-order valence-corrected chi connectivity index (χ4v) is 1.47. The number of hydrogen-bond acceptors (Lipinski definition) is 8. The molecule has 0 fully saturated rings. The molecule has 122 valence electrons. The molecule has 0 radical (unpaired) electrons. The van der Waals surface area contributed by atoms with E-state index in [4.69, 9.17) is 18.5 Å². The van der Waals surface area contributed by atoms with Crippen LogP contribution in [-0.2, 0) is 22.4 Å². The Morgan fingerprint density at radius 2 is 1.00 bits per heavy atom. The number of hydrogen-bond donors (Lipinski definition) is 3. The summed E-state index contributed by atoms with van der Waals surface area (Å²) < 4.78 is 8.28. The first-order chi connectivity index (χ1) is 10.2. The maximum atomic E-state index is 10.5. The van der Waals surface area contributed by atoms with Gasteiger partial charge in [-0.15, -0.1) is 0 Å². The Hall–Kier alpha value is -0.634. The van der Waals surface area contributed by atoms with E-state index in [1.807, 2.05) is 0 Å². The van der Waals surface area contributed by atoms with Crippen LogP contribution in [0.15, 0.2) is 0 Å². The van der Waals surface area contributed by atoms with Gasteiger partial charge in [0.15, 0.2) is 0 Å². The fourth-order valence-electron chi connectivity index (χ4n) is 1.47. The van der Waals surface area contributed by atoms with Gasteiger partial charge in [0, 0.05) is 19.6 Å². The molecule has 11 nitrogen and oxygen atoms in total. The SMILES string of the molecule is O=C([O-])CN(CCN(CC(=O)O)CC(=O)O)CC(=O)O.[Na+].[O]=[Mg]. The van der Waals surface area contributed by atoms with Gasteiger partial charge in [-0.25, -0.2) is 0 Å². The molecule has 0 spiro atoms. The van der Waals surface area contributed by atoms with E-state index in [1.165, 1.54) is 0 Å². The van der Waals surface area contributed by atoms with E-state index in [-0.39, 0.29) is 42.6 Å². The summed E-state index contributed by atoms with van der Waals surface area (Å²) >= 11 is 0.611. The van der Waals surface area contributed by atoms with Gasteiger partial charge in [-0.1, -0.05) is 0 Å². The zero-order valence-corrected chi connectivity index (χ0v) is 16.0. The Kier molecular flexibility index (Phi) is 19.2. The molecule has 0 aromatic rings. The van der Waals surface area contributed by atoms with Gasteiger partial charge in [0.1, 0.15) is 0 Å². The quantitative estimate of drug-likeness (QED) is 0.300. The Morgan fingerprint density at radius 3 is 1.22 bits per heavy atom. The zero-order chi connectivity index (χ0) is 17.7. The first kappa shape index (κ1) is 27.2. The molecule has 0 aromatic carbocycles. The molecular weight excluding hydrogens is 339 g/mol. The summed E-state index contributed by atoms with van der Waals surface area (Å²) in [6.45, 7) is -2.50. The molecule has 0 atom stereocenters. The second kappa shape index (κ2) is 16.2. The molecule has 0 unspecified atom stereocenters. The maximum absolute atomic E-state index is 10.5. The third-order valence-electron chi connectivity index (χ3n) is 2.16. The Balaban J connectivity index is -0.00000128. The second-order valence-corrected chi connectivity index (χ2v) is 3.97. The molecule has 23 heavy (non-hydrogen) atoms. The minimum absolute atomic E-state index is 0. The number of carboxylic acid groups (broad SMARTS) is 4. The average molecular weight is 355 g/mol. The van der Waals surface area contributed by atoms with Crippen molar-refractivity contribution < 1.29 is 72.3 Å². The third kappa shape index (κ3) is 19.3. The first-order valence-corrected chi connectivity index (χ1v) is 6.37.